The Morgan fingerprint density at radius 1 is 1.35 bits per heavy atom. The van der Waals surface area contributed by atoms with E-state index in [9.17, 15) is 4.79 Å². The number of hydrogen-bond acceptors (Lipinski definition) is 3. The van der Waals surface area contributed by atoms with Gasteiger partial charge in [-0.25, -0.2) is 0 Å². The van der Waals surface area contributed by atoms with Gasteiger partial charge in [0.1, 0.15) is 6.61 Å². The van der Waals surface area contributed by atoms with Crippen LogP contribution in [0.3, 0.4) is 0 Å². The molecule has 1 aliphatic rings. The molecule has 1 aliphatic carbocycles. The number of amides is 1. The molecule has 23 heavy (non-hydrogen) atoms. The van der Waals surface area contributed by atoms with Gasteiger partial charge in [0.15, 0.2) is 11.5 Å². The Hall–Kier alpha value is -2.23. The highest BCUT2D eigenvalue weighted by Gasteiger charge is 2.11. The van der Waals surface area contributed by atoms with Gasteiger partial charge in [-0.1, -0.05) is 24.3 Å². The van der Waals surface area contributed by atoms with E-state index >= 15 is 0 Å². The lowest BCUT2D eigenvalue weighted by atomic mass is 9.97. The maximum Gasteiger partial charge on any atom is 0.251 e. The van der Waals surface area contributed by atoms with Crippen molar-refractivity contribution in [1.29, 1.82) is 0 Å². The molecule has 0 aliphatic heterocycles. The molecule has 2 rings (SSSR count). The number of allylic oxidation sites excluding steroid dienone is 1. The highest BCUT2D eigenvalue weighted by molar-refractivity contribution is 5.94. The van der Waals surface area contributed by atoms with Crippen molar-refractivity contribution in [2.75, 3.05) is 20.3 Å². The first kappa shape index (κ1) is 17.1. The van der Waals surface area contributed by atoms with Crippen LogP contribution in [0.2, 0.25) is 0 Å². The number of carbonyl (C=O) groups is 1. The lowest BCUT2D eigenvalue weighted by Gasteiger charge is -2.14. The number of ether oxygens (including phenoxy) is 2. The van der Waals surface area contributed by atoms with E-state index in [4.69, 9.17) is 9.47 Å². The maximum atomic E-state index is 12.2. The Morgan fingerprint density at radius 3 is 2.91 bits per heavy atom. The number of nitrogens with one attached hydrogen (secondary N) is 1. The van der Waals surface area contributed by atoms with Crippen LogP contribution in [-0.2, 0) is 0 Å². The lowest BCUT2D eigenvalue weighted by Crippen LogP contribution is -2.24. The summed E-state index contributed by atoms with van der Waals surface area (Å²) in [5.41, 5.74) is 2.03. The third-order valence-corrected chi connectivity index (χ3v) is 3.90. The van der Waals surface area contributed by atoms with Crippen LogP contribution in [0.1, 0.15) is 42.5 Å². The predicted molar refractivity (Wildman–Crippen MR) is 92.2 cm³/mol. The highest BCUT2D eigenvalue weighted by Crippen LogP contribution is 2.28. The van der Waals surface area contributed by atoms with E-state index in [1.165, 1.54) is 31.3 Å². The van der Waals surface area contributed by atoms with Gasteiger partial charge in [-0.15, -0.1) is 0 Å². The average Bonchev–Trinajstić information content (AvgIpc) is 2.60. The number of rotatable bonds is 8. The first-order valence-corrected chi connectivity index (χ1v) is 8.12. The quantitative estimate of drug-likeness (QED) is 0.741. The molecule has 0 radical (unpaired) electrons. The molecular weight excluding hydrogens is 290 g/mol. The van der Waals surface area contributed by atoms with Gasteiger partial charge < -0.3 is 14.8 Å². The normalized spacial score (nSPS) is 13.9. The van der Waals surface area contributed by atoms with E-state index in [1.807, 2.05) is 0 Å². The van der Waals surface area contributed by atoms with Gasteiger partial charge in [0, 0.05) is 12.1 Å². The van der Waals surface area contributed by atoms with Gasteiger partial charge in [-0.2, -0.15) is 0 Å². The number of carbonyl (C=O) groups excluding carboxylic acids is 1. The molecule has 4 heteroatoms. The summed E-state index contributed by atoms with van der Waals surface area (Å²) >= 11 is 0. The molecular formula is C19H25NO3. The minimum absolute atomic E-state index is 0.0880. The van der Waals surface area contributed by atoms with E-state index in [-0.39, 0.29) is 5.91 Å². The third kappa shape index (κ3) is 5.16. The maximum absolute atomic E-state index is 12.2. The van der Waals surface area contributed by atoms with Crippen LogP contribution in [-0.4, -0.2) is 26.2 Å². The summed E-state index contributed by atoms with van der Waals surface area (Å²) in [4.78, 5) is 12.2. The second kappa shape index (κ2) is 9.03. The lowest BCUT2D eigenvalue weighted by molar-refractivity contribution is 0.0953. The Balaban J connectivity index is 1.90. The van der Waals surface area contributed by atoms with Crippen LogP contribution >= 0.6 is 0 Å². The topological polar surface area (TPSA) is 47.6 Å². The minimum atomic E-state index is -0.0880. The molecule has 1 N–H and O–H groups in total. The first-order chi connectivity index (χ1) is 11.2. The van der Waals surface area contributed by atoms with Gasteiger partial charge in [0.05, 0.1) is 7.11 Å². The highest BCUT2D eigenvalue weighted by atomic mass is 16.5. The Morgan fingerprint density at radius 2 is 2.22 bits per heavy atom. The van der Waals surface area contributed by atoms with E-state index in [1.54, 1.807) is 31.4 Å². The molecule has 0 bridgehead atoms. The monoisotopic (exact) mass is 315 g/mol. The van der Waals surface area contributed by atoms with Gasteiger partial charge in [-0.3, -0.25) is 4.79 Å². The Kier molecular flexibility index (Phi) is 6.73. The number of methoxy groups -OCH3 is 1. The molecule has 1 amide bonds. The van der Waals surface area contributed by atoms with Crippen molar-refractivity contribution in [3.8, 4) is 11.5 Å². The van der Waals surface area contributed by atoms with E-state index < -0.39 is 0 Å². The van der Waals surface area contributed by atoms with E-state index in [0.29, 0.717) is 30.2 Å². The number of benzene rings is 1. The van der Waals surface area contributed by atoms with Crippen LogP contribution in [0.5, 0.6) is 11.5 Å². The number of hydrogen-bond donors (Lipinski definition) is 1. The summed E-state index contributed by atoms with van der Waals surface area (Å²) in [5.74, 6) is 1.07. The molecule has 0 fully saturated rings. The molecule has 0 atom stereocenters. The zero-order valence-electron chi connectivity index (χ0n) is 13.8. The fourth-order valence-electron chi connectivity index (χ4n) is 2.65. The first-order valence-electron chi connectivity index (χ1n) is 8.12. The van der Waals surface area contributed by atoms with Crippen LogP contribution in [0.4, 0.5) is 0 Å². The fourth-order valence-corrected chi connectivity index (χ4v) is 2.65. The molecule has 0 saturated heterocycles. The van der Waals surface area contributed by atoms with Gasteiger partial charge in [0.25, 0.3) is 5.91 Å². The summed E-state index contributed by atoms with van der Waals surface area (Å²) < 4.78 is 10.8. The summed E-state index contributed by atoms with van der Waals surface area (Å²) in [6, 6.07) is 5.20. The van der Waals surface area contributed by atoms with Crippen LogP contribution < -0.4 is 14.8 Å². The minimum Gasteiger partial charge on any atom is -0.493 e. The second-order valence-corrected chi connectivity index (χ2v) is 5.58. The second-order valence-electron chi connectivity index (χ2n) is 5.58. The summed E-state index contributed by atoms with van der Waals surface area (Å²) in [6.07, 6.45) is 9.80. The van der Waals surface area contributed by atoms with E-state index in [2.05, 4.69) is 18.0 Å². The fraction of sp³-hybridized carbons (Fsp3) is 0.421. The average molecular weight is 315 g/mol. The van der Waals surface area contributed by atoms with Crippen molar-refractivity contribution in [2.45, 2.75) is 32.1 Å². The van der Waals surface area contributed by atoms with Crippen molar-refractivity contribution in [1.82, 2.24) is 5.32 Å². The molecule has 0 saturated carbocycles. The molecule has 1 aromatic carbocycles. The third-order valence-electron chi connectivity index (χ3n) is 3.90. The zero-order valence-corrected chi connectivity index (χ0v) is 13.8. The van der Waals surface area contributed by atoms with Crippen LogP contribution in [0.25, 0.3) is 0 Å². The van der Waals surface area contributed by atoms with Crippen LogP contribution in [0, 0.1) is 0 Å². The zero-order chi connectivity index (χ0) is 16.5. The summed E-state index contributed by atoms with van der Waals surface area (Å²) in [6.45, 7) is 4.68. The van der Waals surface area contributed by atoms with Crippen LogP contribution in [0.15, 0.2) is 42.5 Å². The molecule has 124 valence electrons. The molecule has 1 aromatic rings. The van der Waals surface area contributed by atoms with Crippen molar-refractivity contribution >= 4 is 5.91 Å². The Labute approximate surface area is 138 Å². The Bertz CT molecular complexity index is 578. The van der Waals surface area contributed by atoms with Crippen molar-refractivity contribution in [3.05, 3.63) is 48.1 Å². The van der Waals surface area contributed by atoms with Gasteiger partial charge in [0.2, 0.25) is 0 Å². The van der Waals surface area contributed by atoms with Crippen molar-refractivity contribution in [2.24, 2.45) is 0 Å². The smallest absolute Gasteiger partial charge is 0.251 e. The summed E-state index contributed by atoms with van der Waals surface area (Å²) in [5, 5.41) is 2.97. The molecule has 0 heterocycles. The van der Waals surface area contributed by atoms with Gasteiger partial charge in [-0.05, 0) is 50.3 Å². The van der Waals surface area contributed by atoms with Crippen molar-refractivity contribution in [3.63, 3.8) is 0 Å². The van der Waals surface area contributed by atoms with Gasteiger partial charge >= 0.3 is 0 Å². The van der Waals surface area contributed by atoms with E-state index in [0.717, 1.165) is 6.42 Å². The molecule has 4 nitrogen and oxygen atoms in total. The molecule has 0 spiro atoms. The standard InChI is InChI=1S/C19H25NO3/c1-3-13-23-17-10-9-16(14-18(17)22-2)19(21)20-12-11-15-7-5-4-6-8-15/h3,7,9-10,14H,1,4-6,8,11-13H2,2H3,(H,20,21). The summed E-state index contributed by atoms with van der Waals surface area (Å²) in [7, 11) is 1.56. The molecule has 0 aromatic heterocycles. The predicted octanol–water partition coefficient (Wildman–Crippen LogP) is 3.88. The SMILES string of the molecule is C=CCOc1ccc(C(=O)NCCC2=CCCCC2)cc1OC. The largest absolute Gasteiger partial charge is 0.493 e. The molecule has 0 unspecified atom stereocenters. The van der Waals surface area contributed by atoms with Crippen molar-refractivity contribution < 1.29 is 14.3 Å².